The predicted octanol–water partition coefficient (Wildman–Crippen LogP) is 4.26. The van der Waals surface area contributed by atoms with Crippen molar-refractivity contribution in [2.45, 2.75) is 26.7 Å². The van der Waals surface area contributed by atoms with Crippen molar-refractivity contribution in [1.29, 1.82) is 0 Å². The molecule has 0 aliphatic carbocycles. The summed E-state index contributed by atoms with van der Waals surface area (Å²) in [6, 6.07) is 3.41. The van der Waals surface area contributed by atoms with Crippen LogP contribution in [-0.4, -0.2) is 42.2 Å². The lowest BCUT2D eigenvalue weighted by molar-refractivity contribution is -0.384. The maximum atomic E-state index is 13.0. The number of esters is 1. The fraction of sp³-hybridized carbons (Fsp3) is 0.421. The maximum absolute atomic E-state index is 13.0. The highest BCUT2D eigenvalue weighted by atomic mass is 32.2. The quantitative estimate of drug-likeness (QED) is 0.143. The first-order valence-electron chi connectivity index (χ1n) is 8.73. The molecule has 0 aliphatic rings. The number of rotatable bonds is 10. The molecule has 8 nitrogen and oxygen atoms in total. The average molecular weight is 441 g/mol. The highest BCUT2D eigenvalue weighted by Crippen LogP contribution is 2.31. The molecule has 29 heavy (non-hydrogen) atoms. The molecule has 10 heteroatoms. The van der Waals surface area contributed by atoms with Gasteiger partial charge in [-0.2, -0.15) is 0 Å². The van der Waals surface area contributed by atoms with E-state index in [2.05, 4.69) is 10.1 Å². The number of methoxy groups -OCH3 is 1. The summed E-state index contributed by atoms with van der Waals surface area (Å²) in [6.45, 7) is 3.87. The predicted molar refractivity (Wildman–Crippen MR) is 116 cm³/mol. The molecule has 1 unspecified atom stereocenters. The minimum absolute atomic E-state index is 0.0207. The van der Waals surface area contributed by atoms with Crippen LogP contribution < -0.4 is 5.32 Å². The third-order valence-electron chi connectivity index (χ3n) is 4.18. The Balaban J connectivity index is 3.41. The SMILES string of the molecule is CCC(C)CC(=O)C(C(=O)Nc1cc([N+](=O)[O-])ccc1C(=O)OC)=C(SC)SC. The number of carbonyl (C=O) groups excluding carboxylic acids is 3. The van der Waals surface area contributed by atoms with Gasteiger partial charge in [-0.3, -0.25) is 19.7 Å². The maximum Gasteiger partial charge on any atom is 0.339 e. The Morgan fingerprint density at radius 1 is 1.24 bits per heavy atom. The van der Waals surface area contributed by atoms with E-state index in [-0.39, 0.29) is 40.6 Å². The number of ketones is 1. The number of benzene rings is 1. The Bertz CT molecular complexity index is 832. The first kappa shape index (κ1) is 24.7. The van der Waals surface area contributed by atoms with Gasteiger partial charge >= 0.3 is 5.97 Å². The Kier molecular flexibility index (Phi) is 9.90. The molecule has 0 bridgehead atoms. The van der Waals surface area contributed by atoms with Crippen molar-refractivity contribution in [3.8, 4) is 0 Å². The van der Waals surface area contributed by atoms with E-state index in [4.69, 9.17) is 0 Å². The van der Waals surface area contributed by atoms with Crippen molar-refractivity contribution in [2.24, 2.45) is 5.92 Å². The summed E-state index contributed by atoms with van der Waals surface area (Å²) >= 11 is 2.53. The molecule has 0 saturated heterocycles. The van der Waals surface area contributed by atoms with Crippen LogP contribution in [-0.2, 0) is 14.3 Å². The molecule has 1 amide bonds. The van der Waals surface area contributed by atoms with Gasteiger partial charge in [-0.25, -0.2) is 4.79 Å². The van der Waals surface area contributed by atoms with Crippen LogP contribution in [0.2, 0.25) is 0 Å². The van der Waals surface area contributed by atoms with Crippen LogP contribution in [0.15, 0.2) is 28.0 Å². The van der Waals surface area contributed by atoms with Gasteiger partial charge in [-0.05, 0) is 24.5 Å². The van der Waals surface area contributed by atoms with Gasteiger partial charge in [0.1, 0.15) is 5.57 Å². The number of nitrogens with one attached hydrogen (secondary N) is 1. The van der Waals surface area contributed by atoms with E-state index in [9.17, 15) is 24.5 Å². The zero-order valence-electron chi connectivity index (χ0n) is 16.9. The lowest BCUT2D eigenvalue weighted by atomic mass is 9.98. The standard InChI is InChI=1S/C19H24N2O6S2/c1-6-11(2)9-15(22)16(19(28-4)29-5)17(23)20-14-10-12(21(25)26)7-8-13(14)18(24)27-3/h7-8,10-11H,6,9H2,1-5H3,(H,20,23). The molecule has 1 atom stereocenters. The van der Waals surface area contributed by atoms with Gasteiger partial charge < -0.3 is 10.1 Å². The van der Waals surface area contributed by atoms with Gasteiger partial charge in [0.25, 0.3) is 11.6 Å². The van der Waals surface area contributed by atoms with Crippen molar-refractivity contribution in [1.82, 2.24) is 0 Å². The molecule has 0 saturated carbocycles. The van der Waals surface area contributed by atoms with Crippen molar-refractivity contribution in [3.05, 3.63) is 43.7 Å². The third kappa shape index (κ3) is 6.60. The monoisotopic (exact) mass is 440 g/mol. The smallest absolute Gasteiger partial charge is 0.339 e. The van der Waals surface area contributed by atoms with Gasteiger partial charge in [0.2, 0.25) is 0 Å². The van der Waals surface area contributed by atoms with Crippen LogP contribution in [0.25, 0.3) is 0 Å². The molecule has 0 aliphatic heterocycles. The van der Waals surface area contributed by atoms with Gasteiger partial charge in [0.15, 0.2) is 5.78 Å². The van der Waals surface area contributed by atoms with Gasteiger partial charge in [-0.1, -0.05) is 20.3 Å². The lowest BCUT2D eigenvalue weighted by Gasteiger charge is -2.15. The molecular formula is C19H24N2O6S2. The van der Waals surface area contributed by atoms with Crippen LogP contribution in [0.4, 0.5) is 11.4 Å². The summed E-state index contributed by atoms with van der Waals surface area (Å²) in [5, 5.41) is 13.6. The molecule has 0 radical (unpaired) electrons. The highest BCUT2D eigenvalue weighted by molar-refractivity contribution is 8.21. The zero-order valence-corrected chi connectivity index (χ0v) is 18.6. The zero-order chi connectivity index (χ0) is 22.1. The van der Waals surface area contributed by atoms with Crippen LogP contribution >= 0.6 is 23.5 Å². The Labute approximate surface area is 178 Å². The van der Waals surface area contributed by atoms with Gasteiger partial charge in [0.05, 0.1) is 27.5 Å². The van der Waals surface area contributed by atoms with Crippen molar-refractivity contribution in [2.75, 3.05) is 24.9 Å². The number of nitro groups is 1. The number of thioether (sulfide) groups is 2. The Morgan fingerprint density at radius 2 is 1.86 bits per heavy atom. The molecular weight excluding hydrogens is 416 g/mol. The fourth-order valence-electron chi connectivity index (χ4n) is 2.41. The van der Waals surface area contributed by atoms with Gasteiger partial charge in [-0.15, -0.1) is 23.5 Å². The molecule has 0 fully saturated rings. The van der Waals surface area contributed by atoms with Crippen LogP contribution in [0.3, 0.4) is 0 Å². The van der Waals surface area contributed by atoms with Crippen LogP contribution in [0.5, 0.6) is 0 Å². The van der Waals surface area contributed by atoms with Crippen molar-refractivity contribution in [3.63, 3.8) is 0 Å². The number of non-ortho nitro benzene ring substituents is 1. The number of carbonyl (C=O) groups is 3. The van der Waals surface area contributed by atoms with E-state index in [0.29, 0.717) is 4.24 Å². The average Bonchev–Trinajstić information content (AvgIpc) is 2.70. The Hall–Kier alpha value is -2.33. The minimum Gasteiger partial charge on any atom is -0.465 e. The van der Waals surface area contributed by atoms with E-state index in [1.54, 1.807) is 12.5 Å². The number of anilines is 1. The van der Waals surface area contributed by atoms with E-state index in [1.807, 2.05) is 13.8 Å². The normalized spacial score (nSPS) is 11.3. The summed E-state index contributed by atoms with van der Waals surface area (Å²) in [5.41, 5.74) is -0.464. The number of hydrogen-bond donors (Lipinski definition) is 1. The number of nitrogens with zero attached hydrogens (tertiary/aromatic N) is 1. The molecule has 1 aromatic carbocycles. The van der Waals surface area contributed by atoms with E-state index in [0.717, 1.165) is 25.7 Å². The molecule has 1 N–H and O–H groups in total. The number of Topliss-reactive ketones (excluding diaryl/α,β-unsaturated/α-hetero) is 1. The summed E-state index contributed by atoms with van der Waals surface area (Å²) in [6.07, 6.45) is 4.49. The first-order chi connectivity index (χ1) is 13.7. The molecule has 0 spiro atoms. The summed E-state index contributed by atoms with van der Waals surface area (Å²) in [5.74, 6) is -1.71. The summed E-state index contributed by atoms with van der Waals surface area (Å²) in [7, 11) is 1.16. The second-order valence-corrected chi connectivity index (χ2v) is 8.04. The Morgan fingerprint density at radius 3 is 2.34 bits per heavy atom. The molecule has 0 aromatic heterocycles. The molecule has 158 valence electrons. The molecule has 0 heterocycles. The molecule has 1 aromatic rings. The number of hydrogen-bond acceptors (Lipinski definition) is 8. The fourth-order valence-corrected chi connectivity index (χ4v) is 3.89. The van der Waals surface area contributed by atoms with E-state index >= 15 is 0 Å². The molecule has 1 rings (SSSR count). The second-order valence-electron chi connectivity index (χ2n) is 6.14. The van der Waals surface area contributed by atoms with Gasteiger partial charge in [0, 0.05) is 18.6 Å². The largest absolute Gasteiger partial charge is 0.465 e. The highest BCUT2D eigenvalue weighted by Gasteiger charge is 2.26. The van der Waals surface area contributed by atoms with E-state index < -0.39 is 16.8 Å². The number of ether oxygens (including phenoxy) is 1. The first-order valence-corrected chi connectivity index (χ1v) is 11.2. The van der Waals surface area contributed by atoms with E-state index in [1.165, 1.54) is 29.6 Å². The minimum atomic E-state index is -0.762. The second kappa shape index (κ2) is 11.6. The summed E-state index contributed by atoms with van der Waals surface area (Å²) in [4.78, 5) is 48.2. The number of amides is 1. The topological polar surface area (TPSA) is 116 Å². The summed E-state index contributed by atoms with van der Waals surface area (Å²) < 4.78 is 5.21. The third-order valence-corrected chi connectivity index (χ3v) is 6.33. The van der Waals surface area contributed by atoms with Crippen LogP contribution in [0.1, 0.15) is 37.0 Å². The van der Waals surface area contributed by atoms with Crippen molar-refractivity contribution < 1.29 is 24.0 Å². The number of nitro benzene ring substituents is 1. The van der Waals surface area contributed by atoms with Crippen molar-refractivity contribution >= 4 is 52.6 Å². The lowest BCUT2D eigenvalue weighted by Crippen LogP contribution is -2.24. The van der Waals surface area contributed by atoms with Crippen LogP contribution in [0, 0.1) is 16.0 Å².